The maximum Gasteiger partial charge on any atom is 0.269 e. The second kappa shape index (κ2) is 5.87. The van der Waals surface area contributed by atoms with Crippen molar-refractivity contribution < 1.29 is 14.8 Å². The van der Waals surface area contributed by atoms with Gasteiger partial charge in [-0.3, -0.25) is 14.9 Å². The van der Waals surface area contributed by atoms with E-state index in [-0.39, 0.29) is 23.5 Å². The Hall–Kier alpha value is -2.47. The summed E-state index contributed by atoms with van der Waals surface area (Å²) >= 11 is 0. The first-order chi connectivity index (χ1) is 11.3. The Kier molecular flexibility index (Phi) is 4.01. The monoisotopic (exact) mass is 328 g/mol. The summed E-state index contributed by atoms with van der Waals surface area (Å²) in [6, 6.07) is 8.13. The van der Waals surface area contributed by atoms with Gasteiger partial charge in [0.05, 0.1) is 11.5 Å². The van der Waals surface area contributed by atoms with E-state index in [1.165, 1.54) is 12.1 Å². The zero-order valence-electron chi connectivity index (χ0n) is 13.8. The van der Waals surface area contributed by atoms with Crippen LogP contribution in [0.15, 0.2) is 30.3 Å². The molecule has 0 saturated carbocycles. The van der Waals surface area contributed by atoms with Gasteiger partial charge in [-0.1, -0.05) is 13.8 Å². The molecule has 3 rings (SSSR count). The van der Waals surface area contributed by atoms with Gasteiger partial charge in [0.15, 0.2) is 5.78 Å². The van der Waals surface area contributed by atoms with Crippen molar-refractivity contribution in [2.75, 3.05) is 6.61 Å². The molecule has 24 heavy (non-hydrogen) atoms. The number of aromatic nitrogens is 1. The van der Waals surface area contributed by atoms with E-state index in [4.69, 9.17) is 0 Å². The molecule has 6 heteroatoms. The average Bonchev–Trinajstić information content (AvgIpc) is 2.86. The number of carbonyl (C=O) groups excluding carboxylic acids is 1. The molecule has 0 atom stereocenters. The van der Waals surface area contributed by atoms with Crippen LogP contribution in [0.2, 0.25) is 0 Å². The molecule has 1 aliphatic rings. The summed E-state index contributed by atoms with van der Waals surface area (Å²) in [4.78, 5) is 22.9. The van der Waals surface area contributed by atoms with E-state index in [0.29, 0.717) is 18.5 Å². The van der Waals surface area contributed by atoms with E-state index in [0.717, 1.165) is 23.4 Å². The number of aliphatic hydroxyl groups is 1. The summed E-state index contributed by atoms with van der Waals surface area (Å²) in [5.74, 6) is 0.112. The van der Waals surface area contributed by atoms with Crippen molar-refractivity contribution in [3.63, 3.8) is 0 Å². The first-order valence-electron chi connectivity index (χ1n) is 7.94. The third kappa shape index (κ3) is 2.85. The van der Waals surface area contributed by atoms with Crippen molar-refractivity contribution >= 4 is 11.5 Å². The number of nitro groups is 1. The highest BCUT2D eigenvalue weighted by Crippen LogP contribution is 2.38. The summed E-state index contributed by atoms with van der Waals surface area (Å²) in [5.41, 5.74) is 3.18. The third-order valence-electron chi connectivity index (χ3n) is 4.49. The zero-order chi connectivity index (χ0) is 17.5. The van der Waals surface area contributed by atoms with Crippen LogP contribution in [-0.2, 0) is 13.0 Å². The van der Waals surface area contributed by atoms with Crippen LogP contribution in [0.3, 0.4) is 0 Å². The Balaban J connectivity index is 2.11. The molecule has 0 radical (unpaired) electrons. The second-order valence-corrected chi connectivity index (χ2v) is 7.01. The number of carbonyl (C=O) groups is 1. The number of hydrogen-bond acceptors (Lipinski definition) is 4. The lowest BCUT2D eigenvalue weighted by Crippen LogP contribution is -2.28. The van der Waals surface area contributed by atoms with Gasteiger partial charge in [-0.05, 0) is 35.6 Å². The minimum atomic E-state index is -0.437. The first-order valence-corrected chi connectivity index (χ1v) is 7.94. The molecule has 0 spiro atoms. The lowest BCUT2D eigenvalue weighted by Gasteiger charge is -2.29. The molecule has 1 aromatic heterocycles. The van der Waals surface area contributed by atoms with Crippen molar-refractivity contribution in [2.24, 2.45) is 5.41 Å². The van der Waals surface area contributed by atoms with Crippen LogP contribution in [0.1, 0.15) is 36.3 Å². The number of Topliss-reactive ketones (excluding diaryl/α,β-unsaturated/α-hetero) is 1. The Morgan fingerprint density at radius 2 is 1.92 bits per heavy atom. The molecule has 0 bridgehead atoms. The minimum Gasteiger partial charge on any atom is -0.395 e. The smallest absolute Gasteiger partial charge is 0.269 e. The quantitative estimate of drug-likeness (QED) is 0.690. The van der Waals surface area contributed by atoms with E-state index >= 15 is 0 Å². The summed E-state index contributed by atoms with van der Waals surface area (Å²) in [7, 11) is 0. The van der Waals surface area contributed by atoms with Crippen LogP contribution in [0.5, 0.6) is 0 Å². The predicted molar refractivity (Wildman–Crippen MR) is 90.0 cm³/mol. The summed E-state index contributed by atoms with van der Waals surface area (Å²) in [6.45, 7) is 4.49. The SMILES string of the molecule is CC1(C)CC(=O)c2cc(-c3ccc([N+](=O)[O-])cc3)n(CCO)c2C1. The molecular formula is C18H20N2O4. The van der Waals surface area contributed by atoms with Gasteiger partial charge in [-0.2, -0.15) is 0 Å². The Morgan fingerprint density at radius 3 is 2.50 bits per heavy atom. The van der Waals surface area contributed by atoms with Gasteiger partial charge in [0, 0.05) is 42.0 Å². The number of nitro benzene ring substituents is 1. The summed E-state index contributed by atoms with van der Waals surface area (Å²) < 4.78 is 1.97. The largest absolute Gasteiger partial charge is 0.395 e. The molecule has 1 N–H and O–H groups in total. The maximum absolute atomic E-state index is 12.5. The van der Waals surface area contributed by atoms with Crippen LogP contribution < -0.4 is 0 Å². The molecule has 0 amide bonds. The molecule has 126 valence electrons. The van der Waals surface area contributed by atoms with Crippen LogP contribution in [-0.4, -0.2) is 27.0 Å². The van der Waals surface area contributed by atoms with E-state index in [9.17, 15) is 20.0 Å². The Morgan fingerprint density at radius 1 is 1.25 bits per heavy atom. The predicted octanol–water partition coefficient (Wildman–Crippen LogP) is 3.21. The van der Waals surface area contributed by atoms with Crippen molar-refractivity contribution in [3.8, 4) is 11.3 Å². The van der Waals surface area contributed by atoms with E-state index in [2.05, 4.69) is 13.8 Å². The number of aliphatic hydroxyl groups excluding tert-OH is 1. The third-order valence-corrected chi connectivity index (χ3v) is 4.49. The van der Waals surface area contributed by atoms with Gasteiger partial charge in [0.2, 0.25) is 0 Å². The van der Waals surface area contributed by atoms with Crippen LogP contribution in [0, 0.1) is 15.5 Å². The molecule has 2 aromatic rings. The molecular weight excluding hydrogens is 308 g/mol. The van der Waals surface area contributed by atoms with Gasteiger partial charge in [-0.15, -0.1) is 0 Å². The number of rotatable bonds is 4. The van der Waals surface area contributed by atoms with Gasteiger partial charge < -0.3 is 9.67 Å². The summed E-state index contributed by atoms with van der Waals surface area (Å²) in [6.07, 6.45) is 1.27. The van der Waals surface area contributed by atoms with Gasteiger partial charge in [0.25, 0.3) is 5.69 Å². The van der Waals surface area contributed by atoms with Crippen molar-refractivity contribution in [2.45, 2.75) is 33.2 Å². The molecule has 0 aliphatic heterocycles. The van der Waals surface area contributed by atoms with Crippen molar-refractivity contribution in [1.82, 2.24) is 4.57 Å². The molecule has 1 heterocycles. The number of non-ortho nitro benzene ring substituents is 1. The first kappa shape index (κ1) is 16.4. The van der Waals surface area contributed by atoms with E-state index < -0.39 is 4.92 Å². The maximum atomic E-state index is 12.5. The molecule has 0 fully saturated rings. The fourth-order valence-corrected chi connectivity index (χ4v) is 3.41. The minimum absolute atomic E-state index is 0.0287. The number of ketones is 1. The van der Waals surface area contributed by atoms with Gasteiger partial charge >= 0.3 is 0 Å². The molecule has 1 aromatic carbocycles. The lowest BCUT2D eigenvalue weighted by atomic mass is 9.76. The second-order valence-electron chi connectivity index (χ2n) is 7.01. The fraction of sp³-hybridized carbons (Fsp3) is 0.389. The topological polar surface area (TPSA) is 85.4 Å². The van der Waals surface area contributed by atoms with E-state index in [1.54, 1.807) is 12.1 Å². The van der Waals surface area contributed by atoms with Crippen molar-refractivity contribution in [3.05, 3.63) is 51.7 Å². The Bertz CT molecular complexity index is 803. The zero-order valence-corrected chi connectivity index (χ0v) is 13.8. The molecule has 1 aliphatic carbocycles. The highest BCUT2D eigenvalue weighted by Gasteiger charge is 2.34. The number of fused-ring (bicyclic) bond motifs is 1. The highest BCUT2D eigenvalue weighted by atomic mass is 16.6. The normalized spacial score (nSPS) is 16.0. The van der Waals surface area contributed by atoms with E-state index in [1.807, 2.05) is 10.6 Å². The number of nitrogens with zero attached hydrogens (tertiary/aromatic N) is 2. The van der Waals surface area contributed by atoms with Gasteiger partial charge in [-0.25, -0.2) is 0 Å². The van der Waals surface area contributed by atoms with Gasteiger partial charge in [0.1, 0.15) is 0 Å². The fourth-order valence-electron chi connectivity index (χ4n) is 3.41. The standard InChI is InChI=1S/C18H20N2O4/c1-18(2)10-16-14(17(22)11-18)9-15(19(16)7-8-21)12-3-5-13(6-4-12)20(23)24/h3-6,9,21H,7-8,10-11H2,1-2H3. The number of hydrogen-bond donors (Lipinski definition) is 1. The lowest BCUT2D eigenvalue weighted by molar-refractivity contribution is -0.384. The molecule has 0 saturated heterocycles. The Labute approximate surface area is 139 Å². The highest BCUT2D eigenvalue weighted by molar-refractivity contribution is 6.00. The van der Waals surface area contributed by atoms with Crippen LogP contribution >= 0.6 is 0 Å². The molecule has 0 unspecified atom stereocenters. The average molecular weight is 328 g/mol. The number of benzene rings is 1. The van der Waals surface area contributed by atoms with Crippen molar-refractivity contribution in [1.29, 1.82) is 0 Å². The summed E-state index contributed by atoms with van der Waals surface area (Å²) in [5, 5.41) is 20.2. The van der Waals surface area contributed by atoms with Crippen LogP contribution in [0.25, 0.3) is 11.3 Å². The van der Waals surface area contributed by atoms with Crippen LogP contribution in [0.4, 0.5) is 5.69 Å². The molecule has 6 nitrogen and oxygen atoms in total.